The molecule has 0 radical (unpaired) electrons. The van der Waals surface area contributed by atoms with E-state index in [4.69, 9.17) is 0 Å². The number of nitro benzene ring substituents is 1. The maximum absolute atomic E-state index is 11.3. The van der Waals surface area contributed by atoms with Gasteiger partial charge in [0.15, 0.2) is 0 Å². The summed E-state index contributed by atoms with van der Waals surface area (Å²) in [5.74, 6) is 0. The third kappa shape index (κ3) is 3.51. The third-order valence-corrected chi connectivity index (χ3v) is 5.97. The first-order chi connectivity index (χ1) is 13.0. The smallest absolute Gasteiger partial charge is 0.270 e. The SMILES string of the molecule is Cc1[nH]c2ccc([N+](=O)[O-])cc2c1C(c1ccc(Br)cc1)N1CCCCC1. The van der Waals surface area contributed by atoms with Crippen LogP contribution in [0.25, 0.3) is 10.9 Å². The minimum absolute atomic E-state index is 0.0918. The Kier molecular flexibility index (Phi) is 5.02. The molecule has 0 amide bonds. The van der Waals surface area contributed by atoms with E-state index in [0.717, 1.165) is 39.7 Å². The van der Waals surface area contributed by atoms with Crippen molar-refractivity contribution in [1.82, 2.24) is 9.88 Å². The number of H-pyrrole nitrogens is 1. The molecular formula is C21H22BrN3O2. The number of nitro groups is 1. The molecule has 140 valence electrons. The van der Waals surface area contributed by atoms with Crippen LogP contribution in [-0.2, 0) is 0 Å². The van der Waals surface area contributed by atoms with Crippen molar-refractivity contribution >= 4 is 32.5 Å². The van der Waals surface area contributed by atoms with Crippen molar-refractivity contribution in [2.75, 3.05) is 13.1 Å². The van der Waals surface area contributed by atoms with E-state index >= 15 is 0 Å². The first-order valence-corrected chi connectivity index (χ1v) is 10.1. The predicted octanol–water partition coefficient (Wildman–Crippen LogP) is 5.72. The minimum Gasteiger partial charge on any atom is -0.358 e. The van der Waals surface area contributed by atoms with Crippen molar-refractivity contribution in [1.29, 1.82) is 0 Å². The molecule has 5 nitrogen and oxygen atoms in total. The second kappa shape index (κ2) is 7.44. The van der Waals surface area contributed by atoms with Gasteiger partial charge in [-0.1, -0.05) is 34.5 Å². The molecule has 2 aromatic carbocycles. The molecule has 1 unspecified atom stereocenters. The second-order valence-corrected chi connectivity index (χ2v) is 8.12. The number of halogens is 1. The highest BCUT2D eigenvalue weighted by atomic mass is 79.9. The molecule has 1 N–H and O–H groups in total. The predicted molar refractivity (Wildman–Crippen MR) is 111 cm³/mol. The van der Waals surface area contributed by atoms with Crippen LogP contribution in [0.4, 0.5) is 5.69 Å². The Labute approximate surface area is 166 Å². The average Bonchev–Trinajstić information content (AvgIpc) is 2.99. The molecule has 0 bridgehead atoms. The molecule has 4 rings (SSSR count). The van der Waals surface area contributed by atoms with Crippen LogP contribution >= 0.6 is 15.9 Å². The molecule has 6 heteroatoms. The standard InChI is InChI=1S/C21H22BrN3O2/c1-14-20(18-13-17(25(26)27)9-10-19(18)23-14)21(24-11-3-2-4-12-24)15-5-7-16(22)8-6-15/h5-10,13,21,23H,2-4,11-12H2,1H3. The Morgan fingerprint density at radius 3 is 2.48 bits per heavy atom. The van der Waals surface area contributed by atoms with Crippen LogP contribution in [0.15, 0.2) is 46.9 Å². The van der Waals surface area contributed by atoms with E-state index in [2.05, 4.69) is 57.0 Å². The summed E-state index contributed by atoms with van der Waals surface area (Å²) in [4.78, 5) is 17.0. The Morgan fingerprint density at radius 2 is 1.81 bits per heavy atom. The van der Waals surface area contributed by atoms with Gasteiger partial charge in [-0.3, -0.25) is 15.0 Å². The Balaban J connectivity index is 1.90. The van der Waals surface area contributed by atoms with Crippen LogP contribution in [0.2, 0.25) is 0 Å². The van der Waals surface area contributed by atoms with Crippen LogP contribution < -0.4 is 0 Å². The number of rotatable bonds is 4. The summed E-state index contributed by atoms with van der Waals surface area (Å²) in [7, 11) is 0. The van der Waals surface area contributed by atoms with Gasteiger partial charge in [0.05, 0.1) is 11.0 Å². The molecule has 1 aromatic heterocycles. The minimum atomic E-state index is -0.318. The molecule has 27 heavy (non-hydrogen) atoms. The zero-order chi connectivity index (χ0) is 19.0. The lowest BCUT2D eigenvalue weighted by Gasteiger charge is -2.35. The molecule has 1 atom stereocenters. The summed E-state index contributed by atoms with van der Waals surface area (Å²) in [6.07, 6.45) is 3.64. The first kappa shape index (κ1) is 18.2. The fourth-order valence-electron chi connectivity index (χ4n) is 4.18. The monoisotopic (exact) mass is 427 g/mol. The Morgan fingerprint density at radius 1 is 1.11 bits per heavy atom. The number of aromatic amines is 1. The van der Waals surface area contributed by atoms with E-state index in [1.807, 2.05) is 6.07 Å². The van der Waals surface area contributed by atoms with Crippen molar-refractivity contribution < 1.29 is 4.92 Å². The number of fused-ring (bicyclic) bond motifs is 1. The molecule has 0 spiro atoms. The van der Waals surface area contributed by atoms with Crippen molar-refractivity contribution in [2.24, 2.45) is 0 Å². The van der Waals surface area contributed by atoms with E-state index < -0.39 is 0 Å². The zero-order valence-electron chi connectivity index (χ0n) is 15.2. The summed E-state index contributed by atoms with van der Waals surface area (Å²) in [6, 6.07) is 13.6. The van der Waals surface area contributed by atoms with E-state index in [0.29, 0.717) is 0 Å². The number of hydrogen-bond donors (Lipinski definition) is 1. The van der Waals surface area contributed by atoms with E-state index in [-0.39, 0.29) is 16.7 Å². The Hall–Kier alpha value is -2.18. The van der Waals surface area contributed by atoms with Gasteiger partial charge in [0, 0.05) is 38.8 Å². The molecular weight excluding hydrogens is 406 g/mol. The lowest BCUT2D eigenvalue weighted by Crippen LogP contribution is -2.34. The van der Waals surface area contributed by atoms with Crippen molar-refractivity contribution in [3.63, 3.8) is 0 Å². The fourth-order valence-corrected chi connectivity index (χ4v) is 4.45. The highest BCUT2D eigenvalue weighted by Crippen LogP contribution is 2.38. The van der Waals surface area contributed by atoms with Crippen LogP contribution in [0, 0.1) is 17.0 Å². The number of nitrogens with one attached hydrogen (secondary N) is 1. The highest BCUT2D eigenvalue weighted by molar-refractivity contribution is 9.10. The molecule has 0 saturated carbocycles. The maximum Gasteiger partial charge on any atom is 0.270 e. The van der Waals surface area contributed by atoms with Crippen molar-refractivity contribution in [3.05, 3.63) is 73.9 Å². The van der Waals surface area contributed by atoms with Gasteiger partial charge >= 0.3 is 0 Å². The normalized spacial score (nSPS) is 16.5. The van der Waals surface area contributed by atoms with Crippen LogP contribution in [0.1, 0.15) is 42.1 Å². The second-order valence-electron chi connectivity index (χ2n) is 7.20. The highest BCUT2D eigenvalue weighted by Gasteiger charge is 2.28. The van der Waals surface area contributed by atoms with Gasteiger partial charge in [0.1, 0.15) is 0 Å². The first-order valence-electron chi connectivity index (χ1n) is 9.31. The average molecular weight is 428 g/mol. The molecule has 1 aliphatic rings. The molecule has 0 aliphatic carbocycles. The number of benzene rings is 2. The third-order valence-electron chi connectivity index (χ3n) is 5.45. The number of aromatic nitrogens is 1. The lowest BCUT2D eigenvalue weighted by atomic mass is 9.92. The van der Waals surface area contributed by atoms with E-state index in [9.17, 15) is 10.1 Å². The fraction of sp³-hybridized carbons (Fsp3) is 0.333. The molecule has 1 fully saturated rings. The van der Waals surface area contributed by atoms with Gasteiger partial charge in [-0.15, -0.1) is 0 Å². The summed E-state index contributed by atoms with van der Waals surface area (Å²) in [5, 5.41) is 12.3. The van der Waals surface area contributed by atoms with Gasteiger partial charge in [-0.2, -0.15) is 0 Å². The maximum atomic E-state index is 11.3. The molecule has 1 saturated heterocycles. The number of nitrogens with zero attached hydrogens (tertiary/aromatic N) is 2. The van der Waals surface area contributed by atoms with Gasteiger partial charge in [-0.05, 0) is 56.6 Å². The molecule has 3 aromatic rings. The summed E-state index contributed by atoms with van der Waals surface area (Å²) in [6.45, 7) is 4.15. The summed E-state index contributed by atoms with van der Waals surface area (Å²) < 4.78 is 1.05. The quantitative estimate of drug-likeness (QED) is 0.427. The van der Waals surface area contributed by atoms with Crippen LogP contribution in [0.3, 0.4) is 0 Å². The van der Waals surface area contributed by atoms with Crippen LogP contribution in [0.5, 0.6) is 0 Å². The summed E-state index contributed by atoms with van der Waals surface area (Å²) in [5.41, 5.74) is 4.53. The zero-order valence-corrected chi connectivity index (χ0v) is 16.8. The van der Waals surface area contributed by atoms with Gasteiger partial charge in [0.2, 0.25) is 0 Å². The molecule has 1 aliphatic heterocycles. The van der Waals surface area contributed by atoms with Gasteiger partial charge < -0.3 is 4.98 Å². The van der Waals surface area contributed by atoms with Crippen LogP contribution in [-0.4, -0.2) is 27.9 Å². The topological polar surface area (TPSA) is 62.2 Å². The summed E-state index contributed by atoms with van der Waals surface area (Å²) >= 11 is 3.52. The lowest BCUT2D eigenvalue weighted by molar-refractivity contribution is -0.384. The number of piperidine rings is 1. The van der Waals surface area contributed by atoms with Crippen molar-refractivity contribution in [2.45, 2.75) is 32.2 Å². The number of non-ortho nitro benzene ring substituents is 1. The van der Waals surface area contributed by atoms with Gasteiger partial charge in [-0.25, -0.2) is 0 Å². The number of likely N-dealkylation sites (tertiary alicyclic amines) is 1. The van der Waals surface area contributed by atoms with Gasteiger partial charge in [0.25, 0.3) is 5.69 Å². The largest absolute Gasteiger partial charge is 0.358 e. The molecule has 2 heterocycles. The number of hydrogen-bond acceptors (Lipinski definition) is 3. The van der Waals surface area contributed by atoms with Crippen molar-refractivity contribution in [3.8, 4) is 0 Å². The van der Waals surface area contributed by atoms with E-state index in [1.54, 1.807) is 12.1 Å². The Bertz CT molecular complexity index is 975. The number of aryl methyl sites for hydroxylation is 1. The van der Waals surface area contributed by atoms with E-state index in [1.165, 1.54) is 24.8 Å².